The summed E-state index contributed by atoms with van der Waals surface area (Å²) >= 11 is 0. The highest BCUT2D eigenvalue weighted by Crippen LogP contribution is 2.26. The lowest BCUT2D eigenvalue weighted by atomic mass is 9.86. The quantitative estimate of drug-likeness (QED) is 0.846. The van der Waals surface area contributed by atoms with E-state index in [4.69, 9.17) is 4.74 Å². The molecule has 1 heterocycles. The summed E-state index contributed by atoms with van der Waals surface area (Å²) < 4.78 is 7.04. The highest BCUT2D eigenvalue weighted by atomic mass is 16.5. The van der Waals surface area contributed by atoms with Gasteiger partial charge in [-0.25, -0.2) is 0 Å². The molecule has 5 nitrogen and oxygen atoms in total. The first-order valence-electron chi connectivity index (χ1n) is 7.92. The number of hydrogen-bond donors (Lipinski definition) is 1. The van der Waals surface area contributed by atoms with Gasteiger partial charge in [0.2, 0.25) is 0 Å². The second-order valence-corrected chi connectivity index (χ2v) is 5.95. The van der Waals surface area contributed by atoms with Gasteiger partial charge in [0, 0.05) is 30.9 Å². The molecule has 0 unspecified atom stereocenters. The molecule has 1 fully saturated rings. The molecule has 1 aliphatic carbocycles. The zero-order valence-electron chi connectivity index (χ0n) is 13.6. The summed E-state index contributed by atoms with van der Waals surface area (Å²) in [6, 6.07) is 0.495. The third kappa shape index (κ3) is 3.84. The molecule has 21 heavy (non-hydrogen) atoms. The zero-order chi connectivity index (χ0) is 15.4. The minimum absolute atomic E-state index is 0.0186. The summed E-state index contributed by atoms with van der Waals surface area (Å²) in [5.74, 6) is 0.0831. The third-order valence-corrected chi connectivity index (χ3v) is 4.57. The van der Waals surface area contributed by atoms with Gasteiger partial charge < -0.3 is 10.1 Å². The fourth-order valence-electron chi connectivity index (χ4n) is 3.11. The molecule has 0 aliphatic heterocycles. The van der Waals surface area contributed by atoms with Crippen LogP contribution in [0, 0.1) is 19.8 Å². The van der Waals surface area contributed by atoms with E-state index in [2.05, 4.69) is 24.3 Å². The van der Waals surface area contributed by atoms with Gasteiger partial charge in [-0.3, -0.25) is 9.48 Å². The van der Waals surface area contributed by atoms with E-state index >= 15 is 0 Å². The van der Waals surface area contributed by atoms with Crippen LogP contribution in [-0.4, -0.2) is 28.4 Å². The number of nitrogens with one attached hydrogen (secondary N) is 1. The van der Waals surface area contributed by atoms with Crippen LogP contribution in [0.5, 0.6) is 0 Å². The van der Waals surface area contributed by atoms with E-state index in [1.54, 1.807) is 0 Å². The smallest absolute Gasteiger partial charge is 0.308 e. The molecule has 1 N–H and O–H groups in total. The lowest BCUT2D eigenvalue weighted by molar-refractivity contribution is -0.149. The maximum Gasteiger partial charge on any atom is 0.308 e. The molecule has 0 atom stereocenters. The fraction of sp³-hybridized carbons (Fsp3) is 0.750. The first-order chi connectivity index (χ1) is 10.0. The Kier molecular flexibility index (Phi) is 5.39. The van der Waals surface area contributed by atoms with Crippen LogP contribution in [0.25, 0.3) is 0 Å². The van der Waals surface area contributed by atoms with E-state index in [-0.39, 0.29) is 11.9 Å². The average molecular weight is 293 g/mol. The normalized spacial score (nSPS) is 22.3. The number of esters is 1. The summed E-state index contributed by atoms with van der Waals surface area (Å²) in [7, 11) is 1.98. The van der Waals surface area contributed by atoms with E-state index < -0.39 is 0 Å². The number of ether oxygens (including phenoxy) is 1. The van der Waals surface area contributed by atoms with Crippen molar-refractivity contribution in [3.8, 4) is 0 Å². The van der Waals surface area contributed by atoms with Crippen molar-refractivity contribution in [2.75, 3.05) is 6.61 Å². The van der Waals surface area contributed by atoms with Gasteiger partial charge in [-0.15, -0.1) is 0 Å². The molecule has 0 radical (unpaired) electrons. The number of nitrogens with zero attached hydrogens (tertiary/aromatic N) is 2. The first-order valence-corrected chi connectivity index (χ1v) is 7.92. The van der Waals surface area contributed by atoms with Crippen LogP contribution in [0.1, 0.15) is 49.6 Å². The van der Waals surface area contributed by atoms with Gasteiger partial charge in [-0.2, -0.15) is 5.10 Å². The Labute approximate surface area is 127 Å². The second-order valence-electron chi connectivity index (χ2n) is 5.95. The van der Waals surface area contributed by atoms with Crippen LogP contribution >= 0.6 is 0 Å². The maximum absolute atomic E-state index is 11.7. The van der Waals surface area contributed by atoms with Crippen molar-refractivity contribution in [1.29, 1.82) is 0 Å². The van der Waals surface area contributed by atoms with Crippen molar-refractivity contribution in [3.05, 3.63) is 17.0 Å². The minimum Gasteiger partial charge on any atom is -0.466 e. The molecule has 1 aromatic heterocycles. The van der Waals surface area contributed by atoms with Crippen LogP contribution in [0.3, 0.4) is 0 Å². The molecule has 1 aliphatic rings. The summed E-state index contributed by atoms with van der Waals surface area (Å²) in [6.45, 7) is 7.37. The topological polar surface area (TPSA) is 56.1 Å². The van der Waals surface area contributed by atoms with Crippen molar-refractivity contribution in [2.24, 2.45) is 13.0 Å². The molecule has 1 saturated carbocycles. The summed E-state index contributed by atoms with van der Waals surface area (Å²) in [6.07, 6.45) is 3.95. The van der Waals surface area contributed by atoms with Gasteiger partial charge >= 0.3 is 5.97 Å². The standard InChI is InChI=1S/C16H27N3O2/c1-5-21-16(20)13-6-8-14(9-7-13)17-10-15-11(2)18-19(4)12(15)3/h13-14,17H,5-10H2,1-4H3. The van der Waals surface area contributed by atoms with Crippen LogP contribution in [0.15, 0.2) is 0 Å². The third-order valence-electron chi connectivity index (χ3n) is 4.57. The minimum atomic E-state index is -0.0186. The van der Waals surface area contributed by atoms with E-state index in [9.17, 15) is 4.79 Å². The molecule has 0 bridgehead atoms. The van der Waals surface area contributed by atoms with Crippen LogP contribution < -0.4 is 5.32 Å². The van der Waals surface area contributed by atoms with Gasteiger partial charge in [0.05, 0.1) is 18.2 Å². The lowest BCUT2D eigenvalue weighted by Crippen LogP contribution is -2.35. The highest BCUT2D eigenvalue weighted by Gasteiger charge is 2.27. The summed E-state index contributed by atoms with van der Waals surface area (Å²) in [5.41, 5.74) is 3.62. The van der Waals surface area contributed by atoms with E-state index in [1.165, 1.54) is 11.3 Å². The zero-order valence-corrected chi connectivity index (χ0v) is 13.6. The van der Waals surface area contributed by atoms with E-state index in [0.29, 0.717) is 12.6 Å². The van der Waals surface area contributed by atoms with E-state index in [1.807, 2.05) is 18.7 Å². The lowest BCUT2D eigenvalue weighted by Gasteiger charge is -2.28. The van der Waals surface area contributed by atoms with Crippen molar-refractivity contribution in [2.45, 2.75) is 59.0 Å². The largest absolute Gasteiger partial charge is 0.466 e. The Morgan fingerprint density at radius 2 is 2.00 bits per heavy atom. The Bertz CT molecular complexity index is 488. The molecule has 118 valence electrons. The molecule has 0 saturated heterocycles. The molecular weight excluding hydrogens is 266 g/mol. The van der Waals surface area contributed by atoms with Gasteiger partial charge in [0.25, 0.3) is 0 Å². The molecule has 2 rings (SSSR count). The molecule has 0 aromatic carbocycles. The molecule has 5 heteroatoms. The maximum atomic E-state index is 11.7. The van der Waals surface area contributed by atoms with Gasteiger partial charge in [-0.05, 0) is 46.5 Å². The number of carbonyl (C=O) groups excluding carboxylic acids is 1. The molecule has 0 spiro atoms. The predicted molar refractivity (Wildman–Crippen MR) is 81.9 cm³/mol. The van der Waals surface area contributed by atoms with Crippen molar-refractivity contribution < 1.29 is 9.53 Å². The Hall–Kier alpha value is -1.36. The Morgan fingerprint density at radius 3 is 2.52 bits per heavy atom. The SMILES string of the molecule is CCOC(=O)C1CCC(NCc2c(C)nn(C)c2C)CC1. The van der Waals surface area contributed by atoms with Crippen LogP contribution in [-0.2, 0) is 23.1 Å². The number of aryl methyl sites for hydroxylation is 2. The van der Waals surface area contributed by atoms with E-state index in [0.717, 1.165) is 37.9 Å². The Morgan fingerprint density at radius 1 is 1.33 bits per heavy atom. The Balaban J connectivity index is 1.80. The predicted octanol–water partition coefficient (Wildman–Crippen LogP) is 2.25. The fourth-order valence-corrected chi connectivity index (χ4v) is 3.11. The monoisotopic (exact) mass is 293 g/mol. The average Bonchev–Trinajstić information content (AvgIpc) is 2.71. The number of hydrogen-bond acceptors (Lipinski definition) is 4. The van der Waals surface area contributed by atoms with Crippen molar-refractivity contribution >= 4 is 5.97 Å². The summed E-state index contributed by atoms with van der Waals surface area (Å²) in [4.78, 5) is 11.7. The second kappa shape index (κ2) is 7.07. The summed E-state index contributed by atoms with van der Waals surface area (Å²) in [5, 5.41) is 8.06. The highest BCUT2D eigenvalue weighted by molar-refractivity contribution is 5.72. The number of carbonyl (C=O) groups is 1. The molecule has 0 amide bonds. The molecular formula is C16H27N3O2. The number of aromatic nitrogens is 2. The van der Waals surface area contributed by atoms with Crippen LogP contribution in [0.2, 0.25) is 0 Å². The van der Waals surface area contributed by atoms with Crippen LogP contribution in [0.4, 0.5) is 0 Å². The molecule has 1 aromatic rings. The van der Waals surface area contributed by atoms with Gasteiger partial charge in [0.15, 0.2) is 0 Å². The van der Waals surface area contributed by atoms with Gasteiger partial charge in [-0.1, -0.05) is 0 Å². The first kappa shape index (κ1) is 16.0. The van der Waals surface area contributed by atoms with Gasteiger partial charge in [0.1, 0.15) is 0 Å². The number of rotatable bonds is 5. The van der Waals surface area contributed by atoms with Crippen molar-refractivity contribution in [1.82, 2.24) is 15.1 Å². The van der Waals surface area contributed by atoms with Crippen molar-refractivity contribution in [3.63, 3.8) is 0 Å².